The number of primary amides is 1. The molecule has 4 rings (SSSR count). The fourth-order valence-electron chi connectivity index (χ4n) is 4.06. The molecule has 178 valence electrons. The van der Waals surface area contributed by atoms with E-state index in [2.05, 4.69) is 0 Å². The number of nitrogens with two attached hydrogens (primary N) is 1. The van der Waals surface area contributed by atoms with Gasteiger partial charge in [-0.2, -0.15) is 17.5 Å². The second-order valence-corrected chi connectivity index (χ2v) is 10.1. The molecule has 13 heteroatoms. The van der Waals surface area contributed by atoms with Crippen LogP contribution in [0.25, 0.3) is 0 Å². The third kappa shape index (κ3) is 4.46. The molecular weight excluding hydrogens is 488 g/mol. The summed E-state index contributed by atoms with van der Waals surface area (Å²) in [4.78, 5) is 13.7. The number of halogens is 5. The maximum absolute atomic E-state index is 14.8. The first-order valence-electron chi connectivity index (χ1n) is 9.90. The van der Waals surface area contributed by atoms with Gasteiger partial charge in [-0.25, -0.2) is 17.6 Å². The monoisotopic (exact) mass is 506 g/mol. The highest BCUT2D eigenvalue weighted by Crippen LogP contribution is 2.36. The Morgan fingerprint density at radius 1 is 1.00 bits per heavy atom. The fourth-order valence-corrected chi connectivity index (χ4v) is 5.81. The number of urea groups is 1. The predicted octanol–water partition coefficient (Wildman–Crippen LogP) is 3.45. The SMILES string of the molecule is NC(=O)N1CCc2cc(S(=O)(=O)N3CCN(c4cc(Cl)cc(C(F)(F)F)c4)CC3)c(F)cc21. The van der Waals surface area contributed by atoms with Gasteiger partial charge in [0.05, 0.1) is 11.3 Å². The topological polar surface area (TPSA) is 86.9 Å². The third-order valence-electron chi connectivity index (χ3n) is 5.73. The molecule has 1 saturated heterocycles. The van der Waals surface area contributed by atoms with Gasteiger partial charge in [-0.3, -0.25) is 4.90 Å². The van der Waals surface area contributed by atoms with Gasteiger partial charge in [0.2, 0.25) is 10.0 Å². The lowest BCUT2D eigenvalue weighted by Gasteiger charge is -2.35. The maximum atomic E-state index is 14.8. The minimum atomic E-state index is -4.57. The van der Waals surface area contributed by atoms with E-state index in [1.165, 1.54) is 17.0 Å². The predicted molar refractivity (Wildman–Crippen MR) is 114 cm³/mol. The highest BCUT2D eigenvalue weighted by atomic mass is 35.5. The third-order valence-corrected chi connectivity index (χ3v) is 7.86. The number of amides is 2. The zero-order valence-corrected chi connectivity index (χ0v) is 18.6. The van der Waals surface area contributed by atoms with E-state index < -0.39 is 38.5 Å². The number of hydrogen-bond acceptors (Lipinski definition) is 4. The maximum Gasteiger partial charge on any atom is 0.416 e. The number of nitrogens with zero attached hydrogens (tertiary/aromatic N) is 3. The molecule has 0 saturated carbocycles. The van der Waals surface area contributed by atoms with Crippen LogP contribution in [0.15, 0.2) is 35.2 Å². The molecule has 2 aliphatic heterocycles. The number of carbonyl (C=O) groups is 1. The van der Waals surface area contributed by atoms with Crippen LogP contribution in [-0.4, -0.2) is 51.5 Å². The van der Waals surface area contributed by atoms with Gasteiger partial charge in [-0.15, -0.1) is 0 Å². The Morgan fingerprint density at radius 3 is 2.27 bits per heavy atom. The average molecular weight is 507 g/mol. The lowest BCUT2D eigenvalue weighted by Crippen LogP contribution is -2.48. The molecule has 2 N–H and O–H groups in total. The van der Waals surface area contributed by atoms with Crippen LogP contribution < -0.4 is 15.5 Å². The van der Waals surface area contributed by atoms with Crippen LogP contribution in [0.1, 0.15) is 11.1 Å². The highest BCUT2D eigenvalue weighted by molar-refractivity contribution is 7.89. The summed E-state index contributed by atoms with van der Waals surface area (Å²) in [7, 11) is -4.21. The molecule has 1 fully saturated rings. The van der Waals surface area contributed by atoms with Gasteiger partial charge in [0.15, 0.2) is 0 Å². The van der Waals surface area contributed by atoms with Gasteiger partial charge in [-0.05, 0) is 42.3 Å². The Bertz CT molecular complexity index is 1210. The first-order valence-corrected chi connectivity index (χ1v) is 11.7. The summed E-state index contributed by atoms with van der Waals surface area (Å²) < 4.78 is 81.3. The molecule has 0 aromatic heterocycles. The smallest absolute Gasteiger partial charge is 0.369 e. The zero-order valence-electron chi connectivity index (χ0n) is 17.1. The molecule has 33 heavy (non-hydrogen) atoms. The van der Waals surface area contributed by atoms with E-state index >= 15 is 0 Å². The summed E-state index contributed by atoms with van der Waals surface area (Å²) in [5, 5.41) is -0.0832. The number of benzene rings is 2. The van der Waals surface area contributed by atoms with Gasteiger partial charge in [0.25, 0.3) is 0 Å². The van der Waals surface area contributed by atoms with Crippen LogP contribution in [-0.2, 0) is 22.6 Å². The Balaban J connectivity index is 1.54. The average Bonchev–Trinajstić information content (AvgIpc) is 3.15. The quantitative estimate of drug-likeness (QED) is 0.646. The van der Waals surface area contributed by atoms with Crippen molar-refractivity contribution >= 4 is 39.0 Å². The molecule has 2 amide bonds. The van der Waals surface area contributed by atoms with E-state index in [1.807, 2.05) is 0 Å². The highest BCUT2D eigenvalue weighted by Gasteiger charge is 2.35. The van der Waals surface area contributed by atoms with E-state index in [1.54, 1.807) is 4.90 Å². The molecule has 0 aliphatic carbocycles. The van der Waals surface area contributed by atoms with Crippen molar-refractivity contribution in [3.63, 3.8) is 0 Å². The largest absolute Gasteiger partial charge is 0.416 e. The van der Waals surface area contributed by atoms with E-state index in [4.69, 9.17) is 17.3 Å². The molecule has 0 radical (unpaired) electrons. The fraction of sp³-hybridized carbons (Fsp3) is 0.350. The second kappa shape index (κ2) is 8.33. The number of fused-ring (bicyclic) bond motifs is 1. The number of hydrogen-bond donors (Lipinski definition) is 1. The zero-order chi connectivity index (χ0) is 24.1. The van der Waals surface area contributed by atoms with E-state index in [-0.39, 0.29) is 49.1 Å². The molecule has 0 unspecified atom stereocenters. The van der Waals surface area contributed by atoms with Crippen molar-refractivity contribution in [1.29, 1.82) is 0 Å². The van der Waals surface area contributed by atoms with Crippen LogP contribution in [0.2, 0.25) is 5.02 Å². The Kier molecular flexibility index (Phi) is 5.95. The number of anilines is 2. The van der Waals surface area contributed by atoms with Crippen molar-refractivity contribution in [2.45, 2.75) is 17.5 Å². The Labute approximate surface area is 192 Å². The number of sulfonamides is 1. The first-order chi connectivity index (χ1) is 15.4. The van der Waals surface area contributed by atoms with E-state index in [9.17, 15) is 30.8 Å². The summed E-state index contributed by atoms with van der Waals surface area (Å²) in [6.45, 7) is 0.309. The van der Waals surface area contributed by atoms with Crippen LogP contribution >= 0.6 is 11.6 Å². The van der Waals surface area contributed by atoms with E-state index in [0.717, 1.165) is 22.5 Å². The van der Waals surface area contributed by atoms with Crippen LogP contribution in [0.3, 0.4) is 0 Å². The lowest BCUT2D eigenvalue weighted by molar-refractivity contribution is -0.137. The van der Waals surface area contributed by atoms with Crippen molar-refractivity contribution in [3.8, 4) is 0 Å². The summed E-state index contributed by atoms with van der Waals surface area (Å²) in [5.41, 5.74) is 5.33. The van der Waals surface area contributed by atoms with Crippen molar-refractivity contribution in [2.75, 3.05) is 42.5 Å². The number of carbonyl (C=O) groups excluding carboxylic acids is 1. The van der Waals surface area contributed by atoms with Crippen LogP contribution in [0.5, 0.6) is 0 Å². The summed E-state index contributed by atoms with van der Waals surface area (Å²) in [5.74, 6) is -1.01. The molecular formula is C20H19ClF4N4O3S. The lowest BCUT2D eigenvalue weighted by atomic mass is 10.1. The number of alkyl halides is 3. The molecule has 2 aliphatic rings. The van der Waals surface area contributed by atoms with Gasteiger partial charge < -0.3 is 10.6 Å². The van der Waals surface area contributed by atoms with Gasteiger partial charge in [-0.1, -0.05) is 11.6 Å². The summed E-state index contributed by atoms with van der Waals surface area (Å²) in [6, 6.07) is 4.60. The van der Waals surface area contributed by atoms with E-state index in [0.29, 0.717) is 12.0 Å². The van der Waals surface area contributed by atoms with Crippen molar-refractivity contribution < 1.29 is 30.8 Å². The van der Waals surface area contributed by atoms with Gasteiger partial charge >= 0.3 is 12.2 Å². The number of rotatable bonds is 3. The summed E-state index contributed by atoms with van der Waals surface area (Å²) in [6.07, 6.45) is -4.23. The standard InChI is InChI=1S/C20H19ClF4N4O3S/c21-14-8-13(20(23,24)25)9-15(10-14)27-3-5-28(6-4-27)33(31,32)18-7-12-1-2-29(19(26)30)17(12)11-16(18)22/h7-11H,1-6H2,(H2,26,30). The molecule has 0 bridgehead atoms. The normalized spacial score (nSPS) is 17.4. The molecule has 0 atom stereocenters. The van der Waals surface area contributed by atoms with Crippen LogP contribution in [0, 0.1) is 5.82 Å². The molecule has 0 spiro atoms. The molecule has 7 nitrogen and oxygen atoms in total. The minimum Gasteiger partial charge on any atom is -0.369 e. The molecule has 2 heterocycles. The van der Waals surface area contributed by atoms with Crippen molar-refractivity contribution in [1.82, 2.24) is 4.31 Å². The Morgan fingerprint density at radius 2 is 1.67 bits per heavy atom. The van der Waals surface area contributed by atoms with Crippen molar-refractivity contribution in [3.05, 3.63) is 52.3 Å². The van der Waals surface area contributed by atoms with Gasteiger partial charge in [0.1, 0.15) is 10.7 Å². The number of piperazine rings is 1. The summed E-state index contributed by atoms with van der Waals surface area (Å²) >= 11 is 5.84. The second-order valence-electron chi connectivity index (χ2n) is 7.74. The minimum absolute atomic E-state index is 0.0554. The van der Waals surface area contributed by atoms with Crippen LogP contribution in [0.4, 0.5) is 33.7 Å². The van der Waals surface area contributed by atoms with Gasteiger partial charge in [0, 0.05) is 43.4 Å². The molecule has 2 aromatic rings. The molecule has 2 aromatic carbocycles. The van der Waals surface area contributed by atoms with Crippen molar-refractivity contribution in [2.24, 2.45) is 5.73 Å². The first kappa shape index (κ1) is 23.6. The Hall–Kier alpha value is -2.57.